The molecule has 2 aliphatic rings. The lowest BCUT2D eigenvalue weighted by molar-refractivity contribution is -0.134. The second kappa shape index (κ2) is 18.7. The van der Waals surface area contributed by atoms with E-state index in [4.69, 9.17) is 4.74 Å². The Kier molecular flexibility index (Phi) is 14.5. The van der Waals surface area contributed by atoms with E-state index in [0.717, 1.165) is 36.8 Å². The van der Waals surface area contributed by atoms with E-state index in [1.807, 2.05) is 82.3 Å². The third kappa shape index (κ3) is 12.2. The molecule has 0 spiro atoms. The zero-order valence-electron chi connectivity index (χ0n) is 29.6. The summed E-state index contributed by atoms with van der Waals surface area (Å²) < 4.78 is 5.89. The molecule has 1 fully saturated rings. The Balaban J connectivity index is 1.48. The largest absolute Gasteiger partial charge is 0.480 e. The van der Waals surface area contributed by atoms with Crippen LogP contribution >= 0.6 is 0 Å². The van der Waals surface area contributed by atoms with Crippen molar-refractivity contribution in [2.24, 2.45) is 17.8 Å². The standard InChI is InChI=1S/C39H56N4O6/c1-25(2)19-31(37(46)41-30(20-27-13-7-5-8-14-27)33(44)23-36(45)40-24-26(3)4)42-38(47)32(21-28-15-9-6-10-16-28)43-39(48)35-22-29-17-11-12-18-34(29)49-35/h6,9-12,15-18,25-27,30-33,35,44H,5,7-8,13-14,19-24H2,1-4H3,(H,40,45)(H,41,46)(H,42,47)(H,43,48)/t30-,31-,32-,33-,35?/m0/s1. The lowest BCUT2D eigenvalue weighted by Crippen LogP contribution is -2.58. The maximum absolute atomic E-state index is 14.0. The topological polar surface area (TPSA) is 146 Å². The molecule has 5 atom stereocenters. The van der Waals surface area contributed by atoms with Gasteiger partial charge in [-0.3, -0.25) is 19.2 Å². The number of ether oxygens (including phenoxy) is 1. The first-order valence-corrected chi connectivity index (χ1v) is 18.1. The fourth-order valence-corrected chi connectivity index (χ4v) is 6.73. The van der Waals surface area contributed by atoms with Crippen molar-refractivity contribution < 1.29 is 29.0 Å². The summed E-state index contributed by atoms with van der Waals surface area (Å²) in [7, 11) is 0. The SMILES string of the molecule is CC(C)CNC(=O)C[C@H](O)[C@H](CC1CCCCC1)NC(=O)[C@H](CC(C)C)NC(=O)[C@H](Cc1ccccc1)NC(=O)C1Cc2ccccc2O1. The summed E-state index contributed by atoms with van der Waals surface area (Å²) in [6.07, 6.45) is 5.00. The molecule has 49 heavy (non-hydrogen) atoms. The second-order valence-electron chi connectivity index (χ2n) is 14.7. The number of rotatable bonds is 17. The Bertz CT molecular complexity index is 1350. The Hall–Kier alpha value is -3.92. The molecule has 2 aromatic carbocycles. The number of hydrogen-bond acceptors (Lipinski definition) is 6. The summed E-state index contributed by atoms with van der Waals surface area (Å²) in [6, 6.07) is 14.4. The number of benzene rings is 2. The minimum absolute atomic E-state index is 0.0622. The molecule has 268 valence electrons. The molecule has 0 radical (unpaired) electrons. The van der Waals surface area contributed by atoms with Crippen molar-refractivity contribution in [1.29, 1.82) is 0 Å². The smallest absolute Gasteiger partial charge is 0.262 e. The van der Waals surface area contributed by atoms with Gasteiger partial charge < -0.3 is 31.1 Å². The van der Waals surface area contributed by atoms with Gasteiger partial charge >= 0.3 is 0 Å². The minimum atomic E-state index is -1.07. The number of aliphatic hydroxyl groups excluding tert-OH is 1. The van der Waals surface area contributed by atoms with Gasteiger partial charge in [-0.25, -0.2) is 0 Å². The van der Waals surface area contributed by atoms with Gasteiger partial charge in [0.15, 0.2) is 6.10 Å². The zero-order valence-corrected chi connectivity index (χ0v) is 29.6. The molecule has 1 saturated carbocycles. The number of aliphatic hydroxyl groups is 1. The monoisotopic (exact) mass is 676 g/mol. The molecule has 10 heteroatoms. The van der Waals surface area contributed by atoms with Crippen molar-refractivity contribution in [3.63, 3.8) is 0 Å². The summed E-state index contributed by atoms with van der Waals surface area (Å²) in [6.45, 7) is 8.46. The lowest BCUT2D eigenvalue weighted by atomic mass is 9.83. The zero-order chi connectivity index (χ0) is 35.3. The first-order chi connectivity index (χ1) is 23.5. The van der Waals surface area contributed by atoms with Crippen molar-refractivity contribution in [3.8, 4) is 5.75 Å². The van der Waals surface area contributed by atoms with Crippen LogP contribution in [0.2, 0.25) is 0 Å². The summed E-state index contributed by atoms with van der Waals surface area (Å²) >= 11 is 0. The molecule has 0 bridgehead atoms. The Labute approximate surface area is 291 Å². The molecule has 10 nitrogen and oxygen atoms in total. The molecule has 2 aromatic rings. The number of carbonyl (C=O) groups is 4. The van der Waals surface area contributed by atoms with Crippen molar-refractivity contribution in [2.75, 3.05) is 6.54 Å². The molecule has 1 aliphatic heterocycles. The van der Waals surface area contributed by atoms with Crippen LogP contribution < -0.4 is 26.0 Å². The Morgan fingerprint density at radius 3 is 2.16 bits per heavy atom. The van der Waals surface area contributed by atoms with Crippen LogP contribution in [0.15, 0.2) is 54.6 Å². The van der Waals surface area contributed by atoms with Crippen LogP contribution in [-0.2, 0) is 32.0 Å². The quantitative estimate of drug-likeness (QED) is 0.170. The van der Waals surface area contributed by atoms with Gasteiger partial charge in [-0.2, -0.15) is 0 Å². The highest BCUT2D eigenvalue weighted by atomic mass is 16.5. The van der Waals surface area contributed by atoms with Crippen molar-refractivity contribution >= 4 is 23.6 Å². The number of amides is 4. The van der Waals surface area contributed by atoms with Crippen LogP contribution in [0.25, 0.3) is 0 Å². The van der Waals surface area contributed by atoms with E-state index in [9.17, 15) is 24.3 Å². The fourth-order valence-electron chi connectivity index (χ4n) is 6.73. The highest BCUT2D eigenvalue weighted by molar-refractivity contribution is 5.93. The van der Waals surface area contributed by atoms with E-state index in [0.29, 0.717) is 37.5 Å². The highest BCUT2D eigenvalue weighted by Crippen LogP contribution is 2.29. The molecule has 1 unspecified atom stereocenters. The number of hydrogen-bond donors (Lipinski definition) is 5. The predicted octanol–water partition coefficient (Wildman–Crippen LogP) is 4.23. The third-order valence-electron chi connectivity index (χ3n) is 9.40. The highest BCUT2D eigenvalue weighted by Gasteiger charge is 2.35. The van der Waals surface area contributed by atoms with Crippen LogP contribution in [-0.4, -0.2) is 65.6 Å². The molecular weight excluding hydrogens is 620 g/mol. The van der Waals surface area contributed by atoms with E-state index in [1.54, 1.807) is 0 Å². The van der Waals surface area contributed by atoms with Crippen molar-refractivity contribution in [3.05, 3.63) is 65.7 Å². The van der Waals surface area contributed by atoms with E-state index < -0.39 is 48.1 Å². The van der Waals surface area contributed by atoms with Crippen LogP contribution in [0.3, 0.4) is 0 Å². The van der Waals surface area contributed by atoms with Gasteiger partial charge in [-0.1, -0.05) is 108 Å². The molecule has 0 saturated heterocycles. The second-order valence-corrected chi connectivity index (χ2v) is 14.7. The lowest BCUT2D eigenvalue weighted by Gasteiger charge is -2.32. The maximum atomic E-state index is 14.0. The molecular formula is C39H56N4O6. The average Bonchev–Trinajstić information content (AvgIpc) is 3.52. The van der Waals surface area contributed by atoms with Gasteiger partial charge in [0.1, 0.15) is 17.8 Å². The summed E-state index contributed by atoms with van der Waals surface area (Å²) in [4.78, 5) is 54.0. The van der Waals surface area contributed by atoms with Crippen molar-refractivity contribution in [2.45, 2.75) is 122 Å². The van der Waals surface area contributed by atoms with Gasteiger partial charge in [0.2, 0.25) is 17.7 Å². The summed E-state index contributed by atoms with van der Waals surface area (Å²) in [5, 5.41) is 23.0. The molecule has 5 N–H and O–H groups in total. The summed E-state index contributed by atoms with van der Waals surface area (Å²) in [5.41, 5.74) is 1.79. The van der Waals surface area contributed by atoms with E-state index in [2.05, 4.69) is 21.3 Å². The Morgan fingerprint density at radius 2 is 1.49 bits per heavy atom. The van der Waals surface area contributed by atoms with Gasteiger partial charge in [0.05, 0.1) is 18.6 Å². The molecule has 1 aliphatic carbocycles. The van der Waals surface area contributed by atoms with Gasteiger partial charge in [0.25, 0.3) is 5.91 Å². The van der Waals surface area contributed by atoms with Crippen LogP contribution in [0.4, 0.5) is 0 Å². The van der Waals surface area contributed by atoms with Crippen LogP contribution in [0.5, 0.6) is 5.75 Å². The fraction of sp³-hybridized carbons (Fsp3) is 0.590. The number of nitrogens with one attached hydrogen (secondary N) is 4. The van der Waals surface area contributed by atoms with Gasteiger partial charge in [-0.15, -0.1) is 0 Å². The van der Waals surface area contributed by atoms with Crippen LogP contribution in [0.1, 0.15) is 90.2 Å². The molecule has 0 aromatic heterocycles. The third-order valence-corrected chi connectivity index (χ3v) is 9.40. The van der Waals surface area contributed by atoms with Gasteiger partial charge in [0, 0.05) is 19.4 Å². The normalized spacial score (nSPS) is 18.5. The summed E-state index contributed by atoms with van der Waals surface area (Å²) in [5.74, 6) is -0.227. The number of fused-ring (bicyclic) bond motifs is 1. The van der Waals surface area contributed by atoms with Crippen molar-refractivity contribution in [1.82, 2.24) is 21.3 Å². The van der Waals surface area contributed by atoms with Gasteiger partial charge in [-0.05, 0) is 47.8 Å². The average molecular weight is 677 g/mol. The van der Waals surface area contributed by atoms with E-state index >= 15 is 0 Å². The molecule has 1 heterocycles. The molecule has 4 rings (SSSR count). The van der Waals surface area contributed by atoms with E-state index in [-0.39, 0.29) is 30.6 Å². The maximum Gasteiger partial charge on any atom is 0.262 e. The van der Waals surface area contributed by atoms with E-state index in [1.165, 1.54) is 6.42 Å². The molecule has 4 amide bonds. The Morgan fingerprint density at radius 1 is 0.816 bits per heavy atom. The number of para-hydroxylation sites is 1. The first-order valence-electron chi connectivity index (χ1n) is 18.1. The predicted molar refractivity (Wildman–Crippen MR) is 190 cm³/mol. The number of carbonyl (C=O) groups excluding carboxylic acids is 4. The first kappa shape index (κ1) is 37.9. The minimum Gasteiger partial charge on any atom is -0.480 e. The van der Waals surface area contributed by atoms with Crippen LogP contribution in [0, 0.1) is 17.8 Å².